The molecule has 0 bridgehead atoms. The van der Waals surface area contributed by atoms with Crippen LogP contribution < -0.4 is 10.1 Å². The Bertz CT molecular complexity index is 1070. The van der Waals surface area contributed by atoms with Gasteiger partial charge in [0.1, 0.15) is 5.75 Å². The lowest BCUT2D eigenvalue weighted by Gasteiger charge is -2.39. The molecule has 0 spiro atoms. The van der Waals surface area contributed by atoms with Crippen molar-refractivity contribution in [3.05, 3.63) is 65.9 Å². The molecule has 1 heterocycles. The molecule has 3 rings (SSSR count). The summed E-state index contributed by atoms with van der Waals surface area (Å²) >= 11 is 1.05. The third-order valence-corrected chi connectivity index (χ3v) is 6.50. The average Bonchev–Trinajstić information content (AvgIpc) is 2.74. The molecule has 2 N–H and O–H groups in total. The van der Waals surface area contributed by atoms with Crippen molar-refractivity contribution in [1.82, 2.24) is 4.98 Å². The molecule has 0 amide bonds. The Morgan fingerprint density at radius 2 is 1.78 bits per heavy atom. The van der Waals surface area contributed by atoms with E-state index < -0.39 is 23.6 Å². The molecule has 0 saturated heterocycles. The summed E-state index contributed by atoms with van der Waals surface area (Å²) in [5, 5.41) is 14.8. The third kappa shape index (κ3) is 4.96. The van der Waals surface area contributed by atoms with E-state index in [9.17, 15) is 18.3 Å². The second-order valence-corrected chi connectivity index (χ2v) is 9.49. The second kappa shape index (κ2) is 9.58. The van der Waals surface area contributed by atoms with Gasteiger partial charge in [0.15, 0.2) is 5.60 Å². The molecular weight excluding hydrogens is 437 g/mol. The van der Waals surface area contributed by atoms with Crippen molar-refractivity contribution in [1.29, 1.82) is 0 Å². The first-order chi connectivity index (χ1) is 15.1. The lowest BCUT2D eigenvalue weighted by Crippen LogP contribution is -2.55. The number of rotatable bonds is 8. The van der Waals surface area contributed by atoms with E-state index in [2.05, 4.69) is 10.3 Å². The van der Waals surface area contributed by atoms with E-state index in [1.54, 1.807) is 62.4 Å². The van der Waals surface area contributed by atoms with Gasteiger partial charge in [-0.1, -0.05) is 38.1 Å². The standard InChI is InChI=1S/C24H27F3N2O2S/c1-15(2)32-14-23(30,24(25,26)27)22(18-8-5-6-11-21(18)31-4)29-20-10-7-9-19-17(20)13-12-16(3)28-19/h5-13,15,22,29-30H,14H2,1-4H3. The fourth-order valence-corrected chi connectivity index (χ4v) is 4.44. The number of methoxy groups -OCH3 is 1. The molecule has 3 aromatic rings. The van der Waals surface area contributed by atoms with E-state index in [0.717, 1.165) is 17.5 Å². The number of halogens is 3. The number of nitrogens with zero attached hydrogens (tertiary/aromatic N) is 1. The van der Waals surface area contributed by atoms with Crippen LogP contribution in [0, 0.1) is 6.92 Å². The number of para-hydroxylation sites is 1. The maximum atomic E-state index is 14.4. The van der Waals surface area contributed by atoms with Gasteiger partial charge in [-0.05, 0) is 42.5 Å². The van der Waals surface area contributed by atoms with E-state index in [1.807, 2.05) is 13.0 Å². The van der Waals surface area contributed by atoms with Gasteiger partial charge in [0.2, 0.25) is 0 Å². The Balaban J connectivity index is 2.19. The summed E-state index contributed by atoms with van der Waals surface area (Å²) in [7, 11) is 1.40. The molecule has 1 aromatic heterocycles. The average molecular weight is 465 g/mol. The zero-order valence-electron chi connectivity index (χ0n) is 18.4. The summed E-state index contributed by atoms with van der Waals surface area (Å²) in [6, 6.07) is 13.8. The molecular formula is C24H27F3N2O2S. The fourth-order valence-electron chi connectivity index (χ4n) is 3.52. The number of nitrogens with one attached hydrogen (secondary N) is 1. The van der Waals surface area contributed by atoms with Crippen LogP contribution in [0.25, 0.3) is 10.9 Å². The molecule has 32 heavy (non-hydrogen) atoms. The minimum atomic E-state index is -4.90. The Labute approximate surface area is 190 Å². The minimum absolute atomic E-state index is 0.0908. The van der Waals surface area contributed by atoms with Crippen LogP contribution in [0.5, 0.6) is 5.75 Å². The topological polar surface area (TPSA) is 54.4 Å². The molecule has 2 aromatic carbocycles. The number of fused-ring (bicyclic) bond motifs is 1. The third-order valence-electron chi connectivity index (χ3n) is 5.23. The highest BCUT2D eigenvalue weighted by Crippen LogP contribution is 2.46. The van der Waals surface area contributed by atoms with Crippen LogP contribution in [0.15, 0.2) is 54.6 Å². The largest absolute Gasteiger partial charge is 0.496 e. The second-order valence-electron chi connectivity index (χ2n) is 7.93. The Kier molecular flexibility index (Phi) is 7.25. The number of ether oxygens (including phenoxy) is 1. The predicted octanol–water partition coefficient (Wildman–Crippen LogP) is 6.14. The number of aliphatic hydroxyl groups is 1. The summed E-state index contributed by atoms with van der Waals surface area (Å²) in [6.45, 7) is 5.44. The molecule has 172 valence electrons. The van der Waals surface area contributed by atoms with Crippen molar-refractivity contribution in [3.8, 4) is 5.75 Å². The van der Waals surface area contributed by atoms with E-state index >= 15 is 0 Å². The van der Waals surface area contributed by atoms with Crippen molar-refractivity contribution in [2.24, 2.45) is 0 Å². The number of thioether (sulfide) groups is 1. The van der Waals surface area contributed by atoms with Crippen molar-refractivity contribution in [2.75, 3.05) is 18.2 Å². The Hall–Kier alpha value is -2.45. The van der Waals surface area contributed by atoms with Crippen LogP contribution in [0.3, 0.4) is 0 Å². The summed E-state index contributed by atoms with van der Waals surface area (Å²) in [5.74, 6) is -0.275. The summed E-state index contributed by atoms with van der Waals surface area (Å²) < 4.78 is 48.7. The van der Waals surface area contributed by atoms with Gasteiger partial charge < -0.3 is 15.2 Å². The van der Waals surface area contributed by atoms with Gasteiger partial charge in [-0.15, -0.1) is 0 Å². The summed E-state index contributed by atoms with van der Waals surface area (Å²) in [6.07, 6.45) is -4.90. The highest BCUT2D eigenvalue weighted by Gasteiger charge is 2.59. The molecule has 0 fully saturated rings. The van der Waals surface area contributed by atoms with Crippen molar-refractivity contribution in [2.45, 2.75) is 43.8 Å². The van der Waals surface area contributed by atoms with E-state index in [4.69, 9.17) is 4.74 Å². The fraction of sp³-hybridized carbons (Fsp3) is 0.375. The molecule has 4 nitrogen and oxygen atoms in total. The maximum Gasteiger partial charge on any atom is 0.420 e. The summed E-state index contributed by atoms with van der Waals surface area (Å²) in [5.41, 5.74) is -0.937. The zero-order valence-corrected chi connectivity index (χ0v) is 19.2. The number of pyridine rings is 1. The number of hydrogen-bond donors (Lipinski definition) is 2. The van der Waals surface area contributed by atoms with E-state index in [1.165, 1.54) is 7.11 Å². The van der Waals surface area contributed by atoms with Gasteiger partial charge in [0.05, 0.1) is 18.7 Å². The minimum Gasteiger partial charge on any atom is -0.496 e. The lowest BCUT2D eigenvalue weighted by atomic mass is 9.88. The van der Waals surface area contributed by atoms with Gasteiger partial charge >= 0.3 is 6.18 Å². The number of alkyl halides is 3. The highest BCUT2D eigenvalue weighted by molar-refractivity contribution is 7.99. The number of aromatic nitrogens is 1. The smallest absolute Gasteiger partial charge is 0.420 e. The molecule has 8 heteroatoms. The van der Waals surface area contributed by atoms with Gasteiger partial charge in [0, 0.05) is 28.1 Å². The molecule has 0 radical (unpaired) electrons. The molecule has 2 unspecified atom stereocenters. The predicted molar refractivity (Wildman–Crippen MR) is 124 cm³/mol. The number of benzene rings is 2. The van der Waals surface area contributed by atoms with Crippen LogP contribution in [0.4, 0.5) is 18.9 Å². The van der Waals surface area contributed by atoms with Crippen molar-refractivity contribution < 1.29 is 23.0 Å². The normalized spacial score (nSPS) is 14.9. The van der Waals surface area contributed by atoms with Gasteiger partial charge in [-0.2, -0.15) is 24.9 Å². The van der Waals surface area contributed by atoms with Gasteiger partial charge in [0.25, 0.3) is 0 Å². The first-order valence-corrected chi connectivity index (χ1v) is 11.3. The lowest BCUT2D eigenvalue weighted by molar-refractivity contribution is -0.256. The molecule has 2 atom stereocenters. The maximum absolute atomic E-state index is 14.4. The van der Waals surface area contributed by atoms with E-state index in [0.29, 0.717) is 16.6 Å². The van der Waals surface area contributed by atoms with Crippen LogP contribution >= 0.6 is 11.8 Å². The highest BCUT2D eigenvalue weighted by atomic mass is 32.2. The Morgan fingerprint density at radius 1 is 1.06 bits per heavy atom. The molecule has 0 aliphatic heterocycles. The van der Waals surface area contributed by atoms with Gasteiger partial charge in [-0.25, -0.2) is 0 Å². The monoisotopic (exact) mass is 464 g/mol. The first-order valence-electron chi connectivity index (χ1n) is 10.2. The quantitative estimate of drug-likeness (QED) is 0.419. The molecule has 0 saturated carbocycles. The van der Waals surface area contributed by atoms with Crippen LogP contribution in [0.2, 0.25) is 0 Å². The van der Waals surface area contributed by atoms with Crippen LogP contribution in [-0.4, -0.2) is 40.0 Å². The SMILES string of the molecule is COc1ccccc1C(Nc1cccc2nc(C)ccc12)C(O)(CSC(C)C)C(F)(F)F. The zero-order chi connectivity index (χ0) is 23.5. The van der Waals surface area contributed by atoms with Gasteiger partial charge in [-0.3, -0.25) is 4.98 Å². The van der Waals surface area contributed by atoms with Crippen LogP contribution in [-0.2, 0) is 0 Å². The van der Waals surface area contributed by atoms with E-state index in [-0.39, 0.29) is 16.6 Å². The van der Waals surface area contributed by atoms with Crippen molar-refractivity contribution >= 4 is 28.4 Å². The summed E-state index contributed by atoms with van der Waals surface area (Å²) in [4.78, 5) is 4.47. The number of aryl methyl sites for hydroxylation is 1. The molecule has 0 aliphatic carbocycles. The van der Waals surface area contributed by atoms with Crippen LogP contribution in [0.1, 0.15) is 31.1 Å². The number of hydrogen-bond acceptors (Lipinski definition) is 5. The Morgan fingerprint density at radius 3 is 2.44 bits per heavy atom. The first kappa shape index (κ1) is 24.2. The number of anilines is 1. The van der Waals surface area contributed by atoms with Crippen molar-refractivity contribution in [3.63, 3.8) is 0 Å². The molecule has 0 aliphatic rings.